The highest BCUT2D eigenvalue weighted by Crippen LogP contribution is 2.73. The number of hydrogen-bond acceptors (Lipinski definition) is 4. The van der Waals surface area contributed by atoms with Crippen molar-refractivity contribution in [3.8, 4) is 0 Å². The van der Waals surface area contributed by atoms with Crippen LogP contribution in [0.2, 0.25) is 0 Å². The standard InChI is InChI=1S/C30H46O4/c1-17(2)14-18-15-19(26(33)34-18)20-8-9-21-28(20,5)12-10-22-29(6)13-11-24(31)27(3,4)23(29)16-25(32)30(21,22)7/h9,14,18-20,22-23,25-26,32-33H,8,10-13,15-16H2,1-7H3/t18-,19-,20+,22-,23+,25-,26+,28+,29-,30+/m1/s1. The molecule has 4 heteroatoms. The summed E-state index contributed by atoms with van der Waals surface area (Å²) in [5, 5.41) is 22.7. The van der Waals surface area contributed by atoms with Gasteiger partial charge in [-0.25, -0.2) is 0 Å². The second kappa shape index (κ2) is 7.76. The second-order valence-electron chi connectivity index (χ2n) is 13.9. The van der Waals surface area contributed by atoms with E-state index in [1.54, 1.807) is 0 Å². The fourth-order valence-electron chi connectivity index (χ4n) is 10.0. The van der Waals surface area contributed by atoms with Crippen LogP contribution < -0.4 is 0 Å². The summed E-state index contributed by atoms with van der Waals surface area (Å²) >= 11 is 0. The Bertz CT molecular complexity index is 928. The van der Waals surface area contributed by atoms with Crippen LogP contribution in [0.5, 0.6) is 0 Å². The maximum absolute atomic E-state index is 12.9. The predicted molar refractivity (Wildman–Crippen MR) is 134 cm³/mol. The van der Waals surface area contributed by atoms with Crippen molar-refractivity contribution >= 4 is 5.78 Å². The van der Waals surface area contributed by atoms with Gasteiger partial charge in [-0.2, -0.15) is 0 Å². The number of allylic oxidation sites excluding steroid dienone is 2. The van der Waals surface area contributed by atoms with E-state index < -0.39 is 12.4 Å². The SMILES string of the molecule is CC(C)=C[C@@H]1C[C@H]([C@@H]2CC=C3[C@]4(C)[C@H](O)C[C@H]5C(C)(C)C(=O)CC[C@]5(C)[C@H]4CC[C@]32C)[C@@H](O)O1. The highest BCUT2D eigenvalue weighted by Gasteiger charge is 2.68. The molecule has 4 aliphatic carbocycles. The van der Waals surface area contributed by atoms with Gasteiger partial charge in [0.2, 0.25) is 0 Å². The Morgan fingerprint density at radius 2 is 1.76 bits per heavy atom. The third kappa shape index (κ3) is 3.16. The van der Waals surface area contributed by atoms with Gasteiger partial charge in [0, 0.05) is 23.2 Å². The van der Waals surface area contributed by atoms with E-state index in [4.69, 9.17) is 4.74 Å². The summed E-state index contributed by atoms with van der Waals surface area (Å²) in [6.45, 7) is 15.6. The smallest absolute Gasteiger partial charge is 0.158 e. The average Bonchev–Trinajstić information content (AvgIpc) is 3.26. The number of Topliss-reactive ketones (excluding diaryl/α,β-unsaturated/α-hetero) is 1. The van der Waals surface area contributed by atoms with Crippen LogP contribution in [-0.2, 0) is 9.53 Å². The molecule has 1 aliphatic heterocycles. The van der Waals surface area contributed by atoms with E-state index in [-0.39, 0.29) is 39.6 Å². The molecule has 2 N–H and O–H groups in total. The number of carbonyl (C=O) groups excluding carboxylic acids is 1. The number of ketones is 1. The van der Waals surface area contributed by atoms with E-state index in [2.05, 4.69) is 60.6 Å². The van der Waals surface area contributed by atoms with E-state index in [0.29, 0.717) is 30.5 Å². The van der Waals surface area contributed by atoms with Crippen LogP contribution in [0, 0.1) is 45.3 Å². The Hall–Kier alpha value is -0.970. The third-order valence-corrected chi connectivity index (χ3v) is 11.7. The van der Waals surface area contributed by atoms with Crippen LogP contribution in [0.1, 0.15) is 93.4 Å². The van der Waals surface area contributed by atoms with Crippen LogP contribution in [0.4, 0.5) is 0 Å². The molecular formula is C30H46O4. The van der Waals surface area contributed by atoms with Crippen molar-refractivity contribution in [1.82, 2.24) is 0 Å². The van der Waals surface area contributed by atoms with Gasteiger partial charge in [0.1, 0.15) is 5.78 Å². The monoisotopic (exact) mass is 470 g/mol. The molecule has 0 spiro atoms. The van der Waals surface area contributed by atoms with Gasteiger partial charge in [0.25, 0.3) is 0 Å². The van der Waals surface area contributed by atoms with Crippen LogP contribution in [0.25, 0.3) is 0 Å². The molecule has 10 atom stereocenters. The van der Waals surface area contributed by atoms with Crippen molar-refractivity contribution in [3.63, 3.8) is 0 Å². The first kappa shape index (κ1) is 24.7. The van der Waals surface area contributed by atoms with E-state index in [1.807, 2.05) is 0 Å². The first-order valence-electron chi connectivity index (χ1n) is 13.7. The molecule has 1 heterocycles. The molecule has 5 rings (SSSR count). The van der Waals surface area contributed by atoms with Crippen molar-refractivity contribution in [2.45, 2.75) is 112 Å². The van der Waals surface area contributed by atoms with Gasteiger partial charge < -0.3 is 14.9 Å². The lowest BCUT2D eigenvalue weighted by molar-refractivity contribution is -0.192. The summed E-state index contributed by atoms with van der Waals surface area (Å²) in [4.78, 5) is 12.9. The number of carbonyl (C=O) groups is 1. The van der Waals surface area contributed by atoms with Gasteiger partial charge in [-0.05, 0) is 81.0 Å². The van der Waals surface area contributed by atoms with Gasteiger partial charge in [-0.3, -0.25) is 4.79 Å². The average molecular weight is 471 g/mol. The maximum Gasteiger partial charge on any atom is 0.158 e. The van der Waals surface area contributed by atoms with Crippen LogP contribution in [-0.4, -0.2) is 34.5 Å². The summed E-state index contributed by atoms with van der Waals surface area (Å²) in [7, 11) is 0. The van der Waals surface area contributed by atoms with Gasteiger partial charge in [0.05, 0.1) is 12.2 Å². The Labute approximate surface area is 206 Å². The molecular weight excluding hydrogens is 424 g/mol. The van der Waals surface area contributed by atoms with E-state index in [1.165, 1.54) is 11.1 Å². The first-order chi connectivity index (χ1) is 15.8. The Balaban J connectivity index is 1.47. The topological polar surface area (TPSA) is 66.8 Å². The summed E-state index contributed by atoms with van der Waals surface area (Å²) in [6, 6.07) is 0. The zero-order valence-corrected chi connectivity index (χ0v) is 22.4. The predicted octanol–water partition coefficient (Wildman–Crippen LogP) is 5.82. The first-order valence-corrected chi connectivity index (χ1v) is 13.7. The van der Waals surface area contributed by atoms with E-state index in [9.17, 15) is 15.0 Å². The minimum Gasteiger partial charge on any atom is -0.392 e. The highest BCUT2D eigenvalue weighted by molar-refractivity contribution is 5.85. The van der Waals surface area contributed by atoms with Crippen molar-refractivity contribution in [2.24, 2.45) is 45.3 Å². The van der Waals surface area contributed by atoms with Crippen molar-refractivity contribution in [1.29, 1.82) is 0 Å². The maximum atomic E-state index is 12.9. The molecule has 0 unspecified atom stereocenters. The molecule has 0 aromatic rings. The number of rotatable bonds is 2. The molecule has 4 fully saturated rings. The Morgan fingerprint density at radius 1 is 1.06 bits per heavy atom. The van der Waals surface area contributed by atoms with E-state index in [0.717, 1.165) is 32.1 Å². The second-order valence-corrected chi connectivity index (χ2v) is 13.9. The minimum absolute atomic E-state index is 0.00785. The fourth-order valence-corrected chi connectivity index (χ4v) is 10.0. The molecule has 0 amide bonds. The van der Waals surface area contributed by atoms with Crippen LogP contribution in [0.15, 0.2) is 23.3 Å². The number of fused-ring (bicyclic) bond motifs is 5. The summed E-state index contributed by atoms with van der Waals surface area (Å²) < 4.78 is 5.97. The Morgan fingerprint density at radius 3 is 2.44 bits per heavy atom. The molecule has 190 valence electrons. The van der Waals surface area contributed by atoms with Crippen molar-refractivity contribution in [3.05, 3.63) is 23.3 Å². The molecule has 0 aromatic carbocycles. The number of hydrogen-bond donors (Lipinski definition) is 2. The minimum atomic E-state index is -0.718. The number of ether oxygens (including phenoxy) is 1. The van der Waals surface area contributed by atoms with Gasteiger partial charge in [0.15, 0.2) is 6.29 Å². The van der Waals surface area contributed by atoms with Crippen molar-refractivity contribution in [2.75, 3.05) is 0 Å². The van der Waals surface area contributed by atoms with Crippen LogP contribution >= 0.6 is 0 Å². The number of aliphatic hydroxyl groups is 2. The molecule has 4 nitrogen and oxygen atoms in total. The summed E-state index contributed by atoms with van der Waals surface area (Å²) in [5.41, 5.74) is 2.06. The highest BCUT2D eigenvalue weighted by atomic mass is 16.6. The largest absolute Gasteiger partial charge is 0.392 e. The molecule has 0 aromatic heterocycles. The summed E-state index contributed by atoms with van der Waals surface area (Å²) in [6.07, 6.45) is 9.72. The molecule has 3 saturated carbocycles. The van der Waals surface area contributed by atoms with Crippen LogP contribution in [0.3, 0.4) is 0 Å². The molecule has 5 aliphatic rings. The summed E-state index contributed by atoms with van der Waals surface area (Å²) in [5.74, 6) is 1.43. The van der Waals surface area contributed by atoms with Gasteiger partial charge >= 0.3 is 0 Å². The van der Waals surface area contributed by atoms with Gasteiger partial charge in [-0.1, -0.05) is 57.9 Å². The molecule has 1 saturated heterocycles. The lowest BCUT2D eigenvalue weighted by Gasteiger charge is -2.67. The van der Waals surface area contributed by atoms with Crippen molar-refractivity contribution < 1.29 is 19.7 Å². The number of aliphatic hydroxyl groups excluding tert-OH is 2. The molecule has 0 radical (unpaired) electrons. The normalized spacial score (nSPS) is 51.9. The van der Waals surface area contributed by atoms with Gasteiger partial charge in [-0.15, -0.1) is 0 Å². The van der Waals surface area contributed by atoms with E-state index >= 15 is 0 Å². The molecule has 34 heavy (non-hydrogen) atoms. The fraction of sp³-hybridized carbons (Fsp3) is 0.833. The zero-order valence-electron chi connectivity index (χ0n) is 22.4. The zero-order chi connectivity index (χ0) is 24.8. The third-order valence-electron chi connectivity index (χ3n) is 11.7. The quantitative estimate of drug-likeness (QED) is 0.499. The lowest BCUT2D eigenvalue weighted by atomic mass is 9.37. The molecule has 0 bridgehead atoms. The lowest BCUT2D eigenvalue weighted by Crippen LogP contribution is -2.65. The Kier molecular flexibility index (Phi) is 5.64.